The second-order valence-corrected chi connectivity index (χ2v) is 7.59. The van der Waals surface area contributed by atoms with E-state index in [0.717, 1.165) is 47.8 Å². The Bertz CT molecular complexity index is 1030. The highest BCUT2D eigenvalue weighted by molar-refractivity contribution is 5.78. The van der Waals surface area contributed by atoms with Crippen molar-refractivity contribution in [2.24, 2.45) is 5.73 Å². The van der Waals surface area contributed by atoms with Gasteiger partial charge >= 0.3 is 0 Å². The van der Waals surface area contributed by atoms with Crippen molar-refractivity contribution >= 4 is 5.70 Å². The molecule has 0 unspecified atom stereocenters. The van der Waals surface area contributed by atoms with Gasteiger partial charge in [-0.05, 0) is 24.5 Å². The first-order valence-electron chi connectivity index (χ1n) is 10.1. The van der Waals surface area contributed by atoms with Gasteiger partial charge in [-0.25, -0.2) is 0 Å². The van der Waals surface area contributed by atoms with Gasteiger partial charge in [0.2, 0.25) is 0 Å². The Morgan fingerprint density at radius 3 is 2.59 bits per heavy atom. The van der Waals surface area contributed by atoms with E-state index in [1.165, 1.54) is 16.7 Å². The van der Waals surface area contributed by atoms with Gasteiger partial charge < -0.3 is 15.4 Å². The molecule has 0 fully saturated rings. The molecule has 0 aliphatic carbocycles. The molecule has 3 aromatic rings. The van der Waals surface area contributed by atoms with Crippen molar-refractivity contribution in [1.82, 2.24) is 14.7 Å². The number of benzene rings is 2. The summed E-state index contributed by atoms with van der Waals surface area (Å²) in [5.41, 5.74) is 14.1. The van der Waals surface area contributed by atoms with E-state index in [1.54, 1.807) is 13.3 Å². The molecule has 150 valence electrons. The van der Waals surface area contributed by atoms with Gasteiger partial charge in [0.05, 0.1) is 25.5 Å². The summed E-state index contributed by atoms with van der Waals surface area (Å²) in [7, 11) is 1.70. The molecule has 0 amide bonds. The number of fused-ring (bicyclic) bond motifs is 1. The Hall–Kier alpha value is -3.21. The summed E-state index contributed by atoms with van der Waals surface area (Å²) in [6.45, 7) is 6.79. The number of hydrogen-bond acceptors (Lipinski definition) is 4. The Morgan fingerprint density at radius 1 is 1.10 bits per heavy atom. The van der Waals surface area contributed by atoms with Gasteiger partial charge in [-0.15, -0.1) is 0 Å². The summed E-state index contributed by atoms with van der Waals surface area (Å²) in [5, 5.41) is 4.64. The molecule has 2 aromatic carbocycles. The molecule has 4 rings (SSSR count). The molecule has 0 saturated carbocycles. The molecule has 5 nitrogen and oxygen atoms in total. The fourth-order valence-electron chi connectivity index (χ4n) is 3.97. The van der Waals surface area contributed by atoms with Crippen LogP contribution in [-0.4, -0.2) is 28.3 Å². The Balaban J connectivity index is 1.80. The van der Waals surface area contributed by atoms with Crippen LogP contribution in [0.5, 0.6) is 5.75 Å². The zero-order valence-electron chi connectivity index (χ0n) is 17.4. The molecule has 1 aliphatic heterocycles. The average molecular weight is 389 g/mol. The number of nitrogens with zero attached hydrogens (tertiary/aromatic N) is 3. The van der Waals surface area contributed by atoms with Crippen LogP contribution in [0.3, 0.4) is 0 Å². The molecule has 0 radical (unpaired) electrons. The van der Waals surface area contributed by atoms with E-state index >= 15 is 0 Å². The first-order valence-corrected chi connectivity index (χ1v) is 10.1. The maximum absolute atomic E-state index is 6.40. The van der Waals surface area contributed by atoms with Crippen LogP contribution < -0.4 is 10.5 Å². The third kappa shape index (κ3) is 3.73. The number of aryl methyl sites for hydroxylation is 1. The van der Waals surface area contributed by atoms with Crippen LogP contribution in [0.4, 0.5) is 0 Å². The number of aromatic nitrogens is 2. The van der Waals surface area contributed by atoms with Gasteiger partial charge in [-0.3, -0.25) is 4.68 Å². The predicted molar refractivity (Wildman–Crippen MR) is 117 cm³/mol. The maximum Gasteiger partial charge on any atom is 0.164 e. The van der Waals surface area contributed by atoms with E-state index in [1.807, 2.05) is 4.68 Å². The largest absolute Gasteiger partial charge is 0.493 e. The highest BCUT2D eigenvalue weighted by atomic mass is 16.5. The van der Waals surface area contributed by atoms with Crippen molar-refractivity contribution in [2.75, 3.05) is 13.7 Å². The van der Waals surface area contributed by atoms with Crippen molar-refractivity contribution in [2.45, 2.75) is 33.4 Å². The van der Waals surface area contributed by atoms with Crippen LogP contribution in [0.2, 0.25) is 0 Å². The van der Waals surface area contributed by atoms with Crippen LogP contribution in [-0.2, 0) is 13.1 Å². The van der Waals surface area contributed by atoms with Crippen LogP contribution in [0.1, 0.15) is 35.6 Å². The fraction of sp³-hybridized carbons (Fsp3) is 0.292. The zero-order valence-corrected chi connectivity index (χ0v) is 17.4. The van der Waals surface area contributed by atoms with Crippen LogP contribution in [0.15, 0.2) is 54.9 Å². The Morgan fingerprint density at radius 2 is 1.86 bits per heavy atom. The van der Waals surface area contributed by atoms with Crippen molar-refractivity contribution < 1.29 is 4.74 Å². The molecular weight excluding hydrogens is 360 g/mol. The number of methoxy groups -OCH3 is 1. The molecule has 5 heteroatoms. The number of hydrogen-bond donors (Lipinski definition) is 1. The molecule has 0 spiro atoms. The van der Waals surface area contributed by atoms with Crippen molar-refractivity contribution in [3.63, 3.8) is 0 Å². The van der Waals surface area contributed by atoms with E-state index in [2.05, 4.69) is 72.5 Å². The summed E-state index contributed by atoms with van der Waals surface area (Å²) in [5.74, 6) is 0.778. The molecule has 1 aromatic heterocycles. The normalized spacial score (nSPS) is 13.2. The van der Waals surface area contributed by atoms with E-state index in [9.17, 15) is 0 Å². The summed E-state index contributed by atoms with van der Waals surface area (Å²) < 4.78 is 7.71. The van der Waals surface area contributed by atoms with E-state index in [4.69, 9.17) is 10.5 Å². The van der Waals surface area contributed by atoms with E-state index < -0.39 is 0 Å². The molecular formula is C24H28N4O. The van der Waals surface area contributed by atoms with Gasteiger partial charge in [-0.2, -0.15) is 5.10 Å². The quantitative estimate of drug-likeness (QED) is 0.680. The fourth-order valence-corrected chi connectivity index (χ4v) is 3.97. The first-order chi connectivity index (χ1) is 14.1. The lowest BCUT2D eigenvalue weighted by molar-refractivity contribution is 0.365. The van der Waals surface area contributed by atoms with Gasteiger partial charge in [0, 0.05) is 30.4 Å². The van der Waals surface area contributed by atoms with E-state index in [-0.39, 0.29) is 0 Å². The minimum atomic E-state index is 0.687. The summed E-state index contributed by atoms with van der Waals surface area (Å²) in [4.78, 5) is 2.29. The molecule has 1 aliphatic rings. The molecule has 0 saturated heterocycles. The smallest absolute Gasteiger partial charge is 0.164 e. The number of rotatable bonds is 6. The molecule has 0 bridgehead atoms. The van der Waals surface area contributed by atoms with Gasteiger partial charge in [0.15, 0.2) is 5.75 Å². The standard InChI is InChI=1S/C24H28N4O/c1-4-12-27-15-21-19(22(25)16-27)6-5-7-20(21)24-23(29-3)13-26-28(24)14-18-10-8-17(2)9-11-18/h5-11,13,16H,4,12,14-15,25H2,1-3H3. The molecule has 29 heavy (non-hydrogen) atoms. The van der Waals surface area contributed by atoms with Crippen molar-refractivity contribution in [3.05, 3.63) is 77.1 Å². The third-order valence-corrected chi connectivity index (χ3v) is 5.41. The summed E-state index contributed by atoms with van der Waals surface area (Å²) >= 11 is 0. The second-order valence-electron chi connectivity index (χ2n) is 7.59. The summed E-state index contributed by atoms with van der Waals surface area (Å²) in [6, 6.07) is 14.9. The highest BCUT2D eigenvalue weighted by Crippen LogP contribution is 2.37. The Kier molecular flexibility index (Phi) is 5.30. The lowest BCUT2D eigenvalue weighted by Crippen LogP contribution is -2.25. The molecule has 2 heterocycles. The predicted octanol–water partition coefficient (Wildman–Crippen LogP) is 4.40. The first kappa shape index (κ1) is 19.1. The minimum absolute atomic E-state index is 0.687. The average Bonchev–Trinajstić information content (AvgIpc) is 3.12. The zero-order chi connectivity index (χ0) is 20.4. The van der Waals surface area contributed by atoms with Gasteiger partial charge in [0.25, 0.3) is 0 Å². The number of nitrogens with two attached hydrogens (primary N) is 1. The highest BCUT2D eigenvalue weighted by Gasteiger charge is 2.23. The van der Waals surface area contributed by atoms with Gasteiger partial charge in [-0.1, -0.05) is 55.0 Å². The lowest BCUT2D eigenvalue weighted by atomic mass is 9.94. The topological polar surface area (TPSA) is 56.3 Å². The third-order valence-electron chi connectivity index (χ3n) is 5.41. The maximum atomic E-state index is 6.40. The van der Waals surface area contributed by atoms with Gasteiger partial charge in [0.1, 0.15) is 5.69 Å². The van der Waals surface area contributed by atoms with Crippen molar-refractivity contribution in [3.8, 4) is 17.0 Å². The van der Waals surface area contributed by atoms with Crippen LogP contribution >= 0.6 is 0 Å². The summed E-state index contributed by atoms with van der Waals surface area (Å²) in [6.07, 6.45) is 4.95. The molecule has 2 N–H and O–H groups in total. The molecule has 0 atom stereocenters. The second kappa shape index (κ2) is 8.03. The van der Waals surface area contributed by atoms with Crippen molar-refractivity contribution in [1.29, 1.82) is 0 Å². The van der Waals surface area contributed by atoms with Crippen LogP contribution in [0, 0.1) is 6.92 Å². The Labute approximate surface area is 172 Å². The lowest BCUT2D eigenvalue weighted by Gasteiger charge is -2.29. The monoisotopic (exact) mass is 388 g/mol. The number of ether oxygens (including phenoxy) is 1. The van der Waals surface area contributed by atoms with Crippen LogP contribution in [0.25, 0.3) is 17.0 Å². The van der Waals surface area contributed by atoms with E-state index in [0.29, 0.717) is 6.54 Å². The minimum Gasteiger partial charge on any atom is -0.493 e. The SMILES string of the molecule is CCCN1C=C(N)c2cccc(-c3c(OC)cnn3Cc3ccc(C)cc3)c2C1.